The minimum atomic E-state index is 0.949. The van der Waals surface area contributed by atoms with Gasteiger partial charge in [-0.3, -0.25) is 0 Å². The Labute approximate surface area is 197 Å². The highest BCUT2D eigenvalue weighted by molar-refractivity contribution is 5.69. The van der Waals surface area contributed by atoms with E-state index in [2.05, 4.69) is 81.5 Å². The van der Waals surface area contributed by atoms with Crippen molar-refractivity contribution in [1.82, 2.24) is 5.32 Å². The minimum Gasteiger partial charge on any atom is -0.385 e. The second-order valence-electron chi connectivity index (χ2n) is 9.18. The molecule has 0 saturated heterocycles. The molecule has 2 nitrogen and oxygen atoms in total. The maximum Gasteiger partial charge on any atom is 0.0423 e. The van der Waals surface area contributed by atoms with Gasteiger partial charge in [0.15, 0.2) is 0 Å². The highest BCUT2D eigenvalue weighted by Crippen LogP contribution is 2.29. The van der Waals surface area contributed by atoms with Gasteiger partial charge in [0, 0.05) is 23.6 Å². The lowest BCUT2D eigenvalue weighted by Gasteiger charge is -2.18. The molecule has 0 amide bonds. The van der Waals surface area contributed by atoms with E-state index in [0.717, 1.165) is 54.9 Å². The molecule has 174 valence electrons. The molecule has 0 atom stereocenters. The summed E-state index contributed by atoms with van der Waals surface area (Å²) in [6, 6.07) is 6.67. The Morgan fingerprint density at radius 1 is 0.906 bits per heavy atom. The van der Waals surface area contributed by atoms with Crippen molar-refractivity contribution < 1.29 is 0 Å². The van der Waals surface area contributed by atoms with Crippen LogP contribution in [0.5, 0.6) is 0 Å². The number of anilines is 1. The van der Waals surface area contributed by atoms with Crippen LogP contribution in [0.3, 0.4) is 0 Å². The van der Waals surface area contributed by atoms with Crippen LogP contribution in [0, 0.1) is 0 Å². The fraction of sp³-hybridized carbons (Fsp3) is 0.467. The number of rotatable bonds is 16. The van der Waals surface area contributed by atoms with Crippen molar-refractivity contribution in [2.24, 2.45) is 0 Å². The summed E-state index contributed by atoms with van der Waals surface area (Å²) in [6.07, 6.45) is 15.9. The zero-order valence-electron chi connectivity index (χ0n) is 20.8. The second kappa shape index (κ2) is 13.8. The normalized spacial score (nSPS) is 12.8. The molecule has 1 aromatic rings. The number of hydrogen-bond acceptors (Lipinski definition) is 2. The van der Waals surface area contributed by atoms with Crippen molar-refractivity contribution >= 4 is 11.4 Å². The molecule has 0 fully saturated rings. The van der Waals surface area contributed by atoms with Crippen LogP contribution in [0.25, 0.3) is 5.70 Å². The largest absolute Gasteiger partial charge is 0.385 e. The number of benzene rings is 1. The summed E-state index contributed by atoms with van der Waals surface area (Å²) in [5.41, 5.74) is 9.67. The van der Waals surface area contributed by atoms with E-state index in [-0.39, 0.29) is 0 Å². The molecule has 0 unspecified atom stereocenters. The van der Waals surface area contributed by atoms with Crippen molar-refractivity contribution in [3.8, 4) is 0 Å². The molecular weight excluding hydrogens is 388 g/mol. The Kier molecular flexibility index (Phi) is 11.1. The molecule has 0 bridgehead atoms. The fourth-order valence-corrected chi connectivity index (χ4v) is 3.97. The summed E-state index contributed by atoms with van der Waals surface area (Å²) in [6.45, 7) is 20.4. The Morgan fingerprint density at radius 3 is 2.34 bits per heavy atom. The van der Waals surface area contributed by atoms with E-state index < -0.39 is 0 Å². The van der Waals surface area contributed by atoms with E-state index in [1.807, 2.05) is 0 Å². The SMILES string of the molecule is C=C(CCCC)CCCCNC(=C)c1ccc(CCCC)c(NC(=C)C2=CC=C(C)C2)c1. The maximum absolute atomic E-state index is 4.31. The number of hydrogen-bond donors (Lipinski definition) is 2. The number of allylic oxidation sites excluding steroid dienone is 5. The van der Waals surface area contributed by atoms with Crippen molar-refractivity contribution in [3.05, 3.63) is 83.6 Å². The van der Waals surface area contributed by atoms with E-state index in [4.69, 9.17) is 0 Å². The van der Waals surface area contributed by atoms with Gasteiger partial charge >= 0.3 is 0 Å². The van der Waals surface area contributed by atoms with Crippen LogP contribution in [0.2, 0.25) is 0 Å². The molecule has 1 aromatic carbocycles. The third-order valence-electron chi connectivity index (χ3n) is 6.15. The van der Waals surface area contributed by atoms with Gasteiger partial charge in [0.05, 0.1) is 0 Å². The third-order valence-corrected chi connectivity index (χ3v) is 6.15. The first-order chi connectivity index (χ1) is 15.4. The van der Waals surface area contributed by atoms with E-state index in [9.17, 15) is 0 Å². The Morgan fingerprint density at radius 2 is 1.66 bits per heavy atom. The van der Waals surface area contributed by atoms with Crippen molar-refractivity contribution in [1.29, 1.82) is 0 Å². The first-order valence-corrected chi connectivity index (χ1v) is 12.5. The summed E-state index contributed by atoms with van der Waals surface area (Å²) < 4.78 is 0. The Balaban J connectivity index is 1.93. The molecule has 1 aliphatic rings. The van der Waals surface area contributed by atoms with Crippen LogP contribution in [0.4, 0.5) is 5.69 Å². The molecule has 0 aromatic heterocycles. The van der Waals surface area contributed by atoms with Gasteiger partial charge in [-0.1, -0.05) is 81.9 Å². The predicted molar refractivity (Wildman–Crippen MR) is 144 cm³/mol. The molecule has 2 heteroatoms. The first-order valence-electron chi connectivity index (χ1n) is 12.5. The molecule has 0 aliphatic heterocycles. The summed E-state index contributed by atoms with van der Waals surface area (Å²) >= 11 is 0. The average molecular weight is 433 g/mol. The smallest absolute Gasteiger partial charge is 0.0423 e. The molecule has 32 heavy (non-hydrogen) atoms. The van der Waals surface area contributed by atoms with Gasteiger partial charge in [-0.15, -0.1) is 0 Å². The molecule has 2 rings (SSSR count). The summed E-state index contributed by atoms with van der Waals surface area (Å²) in [5, 5.41) is 7.13. The van der Waals surface area contributed by atoms with E-state index in [1.54, 1.807) is 0 Å². The topological polar surface area (TPSA) is 24.1 Å². The molecule has 0 saturated carbocycles. The lowest BCUT2D eigenvalue weighted by molar-refractivity contribution is 0.672. The summed E-state index contributed by atoms with van der Waals surface area (Å²) in [4.78, 5) is 0. The van der Waals surface area contributed by atoms with Crippen molar-refractivity contribution in [2.45, 2.75) is 85.0 Å². The minimum absolute atomic E-state index is 0.949. The lowest BCUT2D eigenvalue weighted by Crippen LogP contribution is -2.13. The zero-order valence-corrected chi connectivity index (χ0v) is 20.8. The number of unbranched alkanes of at least 4 members (excludes halogenated alkanes) is 3. The predicted octanol–water partition coefficient (Wildman–Crippen LogP) is 8.71. The zero-order chi connectivity index (χ0) is 23.3. The molecule has 2 N–H and O–H groups in total. The van der Waals surface area contributed by atoms with Crippen molar-refractivity contribution in [3.63, 3.8) is 0 Å². The van der Waals surface area contributed by atoms with Crippen LogP contribution in [-0.4, -0.2) is 6.54 Å². The highest BCUT2D eigenvalue weighted by Gasteiger charge is 2.12. The lowest BCUT2D eigenvalue weighted by atomic mass is 10.0. The summed E-state index contributed by atoms with van der Waals surface area (Å²) in [7, 11) is 0. The van der Waals surface area contributed by atoms with Gasteiger partial charge in [0.25, 0.3) is 0 Å². The van der Waals surface area contributed by atoms with Gasteiger partial charge in [-0.25, -0.2) is 0 Å². The van der Waals surface area contributed by atoms with Crippen LogP contribution in [-0.2, 0) is 6.42 Å². The van der Waals surface area contributed by atoms with E-state index in [0.29, 0.717) is 0 Å². The van der Waals surface area contributed by atoms with Gasteiger partial charge < -0.3 is 10.6 Å². The molecule has 0 spiro atoms. The van der Waals surface area contributed by atoms with E-state index >= 15 is 0 Å². The maximum atomic E-state index is 4.31. The van der Waals surface area contributed by atoms with Crippen LogP contribution < -0.4 is 10.6 Å². The van der Waals surface area contributed by atoms with Gasteiger partial charge in [0.2, 0.25) is 0 Å². The van der Waals surface area contributed by atoms with Crippen molar-refractivity contribution in [2.75, 3.05) is 11.9 Å². The van der Waals surface area contributed by atoms with Crippen LogP contribution >= 0.6 is 0 Å². The Bertz CT molecular complexity index is 854. The van der Waals surface area contributed by atoms with Gasteiger partial charge in [-0.05, 0) is 81.1 Å². The monoisotopic (exact) mass is 432 g/mol. The van der Waals surface area contributed by atoms with Gasteiger partial charge in [0.1, 0.15) is 0 Å². The number of aryl methyl sites for hydroxylation is 1. The standard InChI is InChI=1S/C30H44N2/c1-7-9-13-23(3)14-11-12-20-31-25(5)29-19-18-27(15-10-8-2)30(22-29)32-26(6)28-17-16-24(4)21-28/h16-19,22,31-32H,3,5-15,20-21H2,1-2,4H3. The van der Waals surface area contributed by atoms with Gasteiger partial charge in [-0.2, -0.15) is 0 Å². The second-order valence-corrected chi connectivity index (χ2v) is 9.18. The number of nitrogens with one attached hydrogen (secondary N) is 2. The third kappa shape index (κ3) is 8.57. The van der Waals surface area contributed by atoms with Crippen LogP contribution in [0.15, 0.2) is 72.5 Å². The summed E-state index contributed by atoms with van der Waals surface area (Å²) in [5.74, 6) is 0. The Hall–Kier alpha value is -2.48. The highest BCUT2D eigenvalue weighted by atomic mass is 14.9. The molecular formula is C30H44N2. The molecule has 1 aliphatic carbocycles. The average Bonchev–Trinajstić information content (AvgIpc) is 3.22. The van der Waals surface area contributed by atoms with Crippen LogP contribution in [0.1, 0.15) is 89.7 Å². The molecule has 0 heterocycles. The fourth-order valence-electron chi connectivity index (χ4n) is 3.97. The quantitative estimate of drug-likeness (QED) is 0.201. The first kappa shape index (κ1) is 25.8. The molecule has 0 radical (unpaired) electrons. The van der Waals surface area contributed by atoms with E-state index in [1.165, 1.54) is 60.8 Å².